The maximum Gasteiger partial charge on any atom is 0.119 e. The number of phenols is 1. The Morgan fingerprint density at radius 1 is 0.727 bits per heavy atom. The van der Waals surface area contributed by atoms with E-state index in [-0.39, 0.29) is 17.9 Å². The minimum atomic E-state index is 0.109. The van der Waals surface area contributed by atoms with Crippen molar-refractivity contribution in [3.8, 4) is 5.75 Å². The first kappa shape index (κ1) is 22.2. The Balaban J connectivity index is 1.61. The molecule has 0 spiro atoms. The van der Waals surface area contributed by atoms with Gasteiger partial charge >= 0.3 is 0 Å². The highest BCUT2D eigenvalue weighted by Gasteiger charge is 2.40. The molecule has 2 atom stereocenters. The summed E-state index contributed by atoms with van der Waals surface area (Å²) >= 11 is 10.2. The van der Waals surface area contributed by atoms with E-state index in [9.17, 15) is 5.11 Å². The van der Waals surface area contributed by atoms with Crippen molar-refractivity contribution in [1.82, 2.24) is 4.90 Å². The summed E-state index contributed by atoms with van der Waals surface area (Å²) in [6.45, 7) is 1.68. The van der Waals surface area contributed by atoms with Crippen molar-refractivity contribution in [2.24, 2.45) is 0 Å². The summed E-state index contributed by atoms with van der Waals surface area (Å²) in [6, 6.07) is 35.3. The number of likely N-dealkylation sites (tertiary alicyclic amines) is 1. The zero-order valence-corrected chi connectivity index (χ0v) is 20.5. The Hall–Kier alpha value is -2.59. The molecule has 1 heterocycles. The molecule has 1 saturated heterocycles. The van der Waals surface area contributed by atoms with E-state index in [0.29, 0.717) is 10.8 Å². The quantitative estimate of drug-likeness (QED) is 0.291. The number of halogens is 2. The molecule has 4 aromatic rings. The van der Waals surface area contributed by atoms with Gasteiger partial charge in [-0.05, 0) is 41.0 Å². The van der Waals surface area contributed by atoms with E-state index in [2.05, 4.69) is 99.7 Å². The van der Waals surface area contributed by atoms with Gasteiger partial charge in [-0.3, -0.25) is 4.90 Å². The lowest BCUT2D eigenvalue weighted by Crippen LogP contribution is -2.27. The summed E-state index contributed by atoms with van der Waals surface area (Å²) in [4.78, 5) is 2.54. The second-order valence-corrected chi connectivity index (χ2v) is 9.91. The van der Waals surface area contributed by atoms with E-state index in [1.54, 1.807) is 12.1 Å². The number of nitrogens with zero attached hydrogens (tertiary/aromatic N) is 1. The standard InChI is InChI=1S/C29H25BrClNO/c30-27-14-8-7-13-23(27)25-18-32(19-26(25)24-17-22(31)15-16-28(24)33)29(20-9-3-1-4-10-20)21-11-5-2-6-12-21/h1-17,25-26,29,33H,18-19H2/t25-,26-/m1/s1. The van der Waals surface area contributed by atoms with Crippen LogP contribution in [0.3, 0.4) is 0 Å². The summed E-state index contributed by atoms with van der Waals surface area (Å²) in [6.07, 6.45) is 0. The molecule has 4 heteroatoms. The fourth-order valence-electron chi connectivity index (χ4n) is 5.16. The zero-order valence-electron chi connectivity index (χ0n) is 18.1. The van der Waals surface area contributed by atoms with Gasteiger partial charge in [0.15, 0.2) is 0 Å². The number of phenolic OH excluding ortho intramolecular Hbond substituents is 1. The molecule has 0 saturated carbocycles. The van der Waals surface area contributed by atoms with Crippen LogP contribution in [0.15, 0.2) is 108 Å². The molecule has 2 nitrogen and oxygen atoms in total. The number of benzene rings is 4. The van der Waals surface area contributed by atoms with Gasteiger partial charge in [-0.1, -0.05) is 106 Å². The third-order valence-corrected chi connectivity index (χ3v) is 7.59. The van der Waals surface area contributed by atoms with Crippen LogP contribution in [0.4, 0.5) is 0 Å². The molecular formula is C29H25BrClNO. The van der Waals surface area contributed by atoms with Crippen molar-refractivity contribution >= 4 is 27.5 Å². The fraction of sp³-hybridized carbons (Fsp3) is 0.172. The number of rotatable bonds is 5. The molecule has 1 aliphatic heterocycles. The van der Waals surface area contributed by atoms with Crippen LogP contribution in [-0.4, -0.2) is 23.1 Å². The minimum absolute atomic E-state index is 0.109. The highest BCUT2D eigenvalue weighted by Crippen LogP contribution is 2.48. The van der Waals surface area contributed by atoms with Crippen LogP contribution in [0.1, 0.15) is 40.1 Å². The van der Waals surface area contributed by atoms with E-state index in [4.69, 9.17) is 11.6 Å². The number of aromatic hydroxyl groups is 1. The Bertz CT molecular complexity index is 1190. The molecule has 33 heavy (non-hydrogen) atoms. The van der Waals surface area contributed by atoms with E-state index < -0.39 is 0 Å². The monoisotopic (exact) mass is 517 g/mol. The van der Waals surface area contributed by atoms with Gasteiger partial charge in [0.25, 0.3) is 0 Å². The van der Waals surface area contributed by atoms with Crippen LogP contribution in [0.5, 0.6) is 5.75 Å². The third kappa shape index (κ3) is 4.59. The van der Waals surface area contributed by atoms with Crippen molar-refractivity contribution in [3.05, 3.63) is 135 Å². The van der Waals surface area contributed by atoms with Crippen LogP contribution in [-0.2, 0) is 0 Å². The molecule has 0 amide bonds. The molecule has 0 bridgehead atoms. The molecule has 0 aromatic heterocycles. The van der Waals surface area contributed by atoms with Crippen molar-refractivity contribution in [2.45, 2.75) is 17.9 Å². The molecule has 0 aliphatic carbocycles. The third-order valence-electron chi connectivity index (χ3n) is 6.64. The Morgan fingerprint density at radius 3 is 1.88 bits per heavy atom. The number of hydrogen-bond donors (Lipinski definition) is 1. The number of hydrogen-bond acceptors (Lipinski definition) is 2. The minimum Gasteiger partial charge on any atom is -0.508 e. The highest BCUT2D eigenvalue weighted by molar-refractivity contribution is 9.10. The molecule has 0 unspecified atom stereocenters. The summed E-state index contributed by atoms with van der Waals surface area (Å²) < 4.78 is 1.10. The summed E-state index contributed by atoms with van der Waals surface area (Å²) in [7, 11) is 0. The molecule has 0 radical (unpaired) electrons. The zero-order chi connectivity index (χ0) is 22.8. The topological polar surface area (TPSA) is 23.5 Å². The Labute approximate surface area is 208 Å². The fourth-order valence-corrected chi connectivity index (χ4v) is 5.92. The van der Waals surface area contributed by atoms with E-state index >= 15 is 0 Å². The second-order valence-electron chi connectivity index (χ2n) is 8.62. The first-order chi connectivity index (χ1) is 16.1. The summed E-state index contributed by atoms with van der Waals surface area (Å²) in [5.74, 6) is 0.622. The SMILES string of the molecule is Oc1ccc(Cl)cc1[C@H]1CN(C(c2ccccc2)c2ccccc2)C[C@@H]1c1ccccc1Br. The predicted octanol–water partition coefficient (Wildman–Crippen LogP) is 7.78. The predicted molar refractivity (Wildman–Crippen MR) is 139 cm³/mol. The van der Waals surface area contributed by atoms with Crippen molar-refractivity contribution < 1.29 is 5.11 Å². The van der Waals surface area contributed by atoms with Crippen LogP contribution < -0.4 is 0 Å². The van der Waals surface area contributed by atoms with Gasteiger partial charge in [0.05, 0.1) is 6.04 Å². The van der Waals surface area contributed by atoms with Crippen molar-refractivity contribution in [2.75, 3.05) is 13.1 Å². The lowest BCUT2D eigenvalue weighted by Gasteiger charge is -2.29. The molecule has 1 fully saturated rings. The van der Waals surface area contributed by atoms with Gasteiger partial charge in [-0.15, -0.1) is 0 Å². The summed E-state index contributed by atoms with van der Waals surface area (Å²) in [5.41, 5.74) is 4.70. The first-order valence-electron chi connectivity index (χ1n) is 11.2. The maximum atomic E-state index is 10.8. The molecular weight excluding hydrogens is 494 g/mol. The molecule has 1 N–H and O–H groups in total. The maximum absolute atomic E-state index is 10.8. The van der Waals surface area contributed by atoms with Gasteiger partial charge in [-0.2, -0.15) is 0 Å². The van der Waals surface area contributed by atoms with Gasteiger partial charge in [0.1, 0.15) is 5.75 Å². The van der Waals surface area contributed by atoms with Crippen LogP contribution in [0.25, 0.3) is 0 Å². The van der Waals surface area contributed by atoms with Crippen LogP contribution in [0, 0.1) is 0 Å². The van der Waals surface area contributed by atoms with Gasteiger partial charge < -0.3 is 5.11 Å². The van der Waals surface area contributed by atoms with Crippen molar-refractivity contribution in [1.29, 1.82) is 0 Å². The summed E-state index contributed by atoms with van der Waals surface area (Å²) in [5, 5.41) is 11.4. The van der Waals surface area contributed by atoms with E-state index in [0.717, 1.165) is 23.1 Å². The smallest absolute Gasteiger partial charge is 0.119 e. The van der Waals surface area contributed by atoms with Crippen LogP contribution in [0.2, 0.25) is 5.02 Å². The molecule has 166 valence electrons. The van der Waals surface area contributed by atoms with Gasteiger partial charge in [0.2, 0.25) is 0 Å². The molecule has 1 aliphatic rings. The normalized spacial score (nSPS) is 18.6. The lowest BCUT2D eigenvalue weighted by molar-refractivity contribution is 0.274. The average Bonchev–Trinajstić information content (AvgIpc) is 3.27. The highest BCUT2D eigenvalue weighted by atomic mass is 79.9. The molecule has 4 aromatic carbocycles. The van der Waals surface area contributed by atoms with E-state index in [1.165, 1.54) is 16.7 Å². The van der Waals surface area contributed by atoms with Crippen molar-refractivity contribution in [3.63, 3.8) is 0 Å². The first-order valence-corrected chi connectivity index (χ1v) is 12.4. The van der Waals surface area contributed by atoms with E-state index in [1.807, 2.05) is 12.1 Å². The average molecular weight is 519 g/mol. The van der Waals surface area contributed by atoms with Crippen LogP contribution >= 0.6 is 27.5 Å². The Morgan fingerprint density at radius 2 is 1.27 bits per heavy atom. The van der Waals surface area contributed by atoms with Gasteiger partial charge in [-0.25, -0.2) is 0 Å². The second kappa shape index (κ2) is 9.72. The Kier molecular flexibility index (Phi) is 6.55. The van der Waals surface area contributed by atoms with Gasteiger partial charge in [0, 0.05) is 40.0 Å². The largest absolute Gasteiger partial charge is 0.508 e. The lowest BCUT2D eigenvalue weighted by atomic mass is 9.84. The molecule has 5 rings (SSSR count).